The molecule has 0 saturated heterocycles. The van der Waals surface area contributed by atoms with Gasteiger partial charge in [0.1, 0.15) is 0 Å². The van der Waals surface area contributed by atoms with E-state index in [0.29, 0.717) is 5.01 Å². The van der Waals surface area contributed by atoms with Gasteiger partial charge in [0.2, 0.25) is 0 Å². The number of aliphatic carboxylic acids is 1. The average molecular weight is 281 g/mol. The van der Waals surface area contributed by atoms with E-state index in [1.807, 2.05) is 0 Å². The van der Waals surface area contributed by atoms with Crippen LogP contribution in [-0.4, -0.2) is 34.2 Å². The van der Waals surface area contributed by atoms with Crippen molar-refractivity contribution in [1.82, 2.24) is 5.43 Å². The van der Waals surface area contributed by atoms with E-state index in [4.69, 9.17) is 15.9 Å². The monoisotopic (exact) mass is 281 g/mol. The van der Waals surface area contributed by atoms with Gasteiger partial charge in [-0.1, -0.05) is 18.2 Å². The molecule has 0 saturated carbocycles. The molecular weight excluding hydrogens is 266 g/mol. The van der Waals surface area contributed by atoms with Crippen molar-refractivity contribution in [3.63, 3.8) is 0 Å². The number of nitrogens with one attached hydrogen (secondary N) is 1. The molecule has 8 nitrogen and oxygen atoms in total. The van der Waals surface area contributed by atoms with E-state index in [0.717, 1.165) is 0 Å². The highest BCUT2D eigenvalue weighted by Gasteiger charge is 2.21. The predicted molar refractivity (Wildman–Crippen MR) is 69.9 cm³/mol. The number of carbonyl (C=O) groups is 3. The Labute approximate surface area is 114 Å². The van der Waals surface area contributed by atoms with Crippen molar-refractivity contribution in [2.45, 2.75) is 18.9 Å². The van der Waals surface area contributed by atoms with E-state index in [9.17, 15) is 14.4 Å². The summed E-state index contributed by atoms with van der Waals surface area (Å²) >= 11 is 0. The lowest BCUT2D eigenvalue weighted by Crippen LogP contribution is -2.52. The van der Waals surface area contributed by atoms with Crippen LogP contribution in [0.1, 0.15) is 12.8 Å². The highest BCUT2D eigenvalue weighted by molar-refractivity contribution is 5.92. The Bertz CT molecular complexity index is 491. The summed E-state index contributed by atoms with van der Waals surface area (Å²) in [6.07, 6.45) is -1.73. The Morgan fingerprint density at radius 2 is 1.80 bits per heavy atom. The quantitative estimate of drug-likeness (QED) is 0.577. The topological polar surface area (TPSA) is 133 Å². The Morgan fingerprint density at radius 3 is 2.30 bits per heavy atom. The molecule has 2 amide bonds. The number of nitrogens with zero attached hydrogens (tertiary/aromatic N) is 1. The molecule has 8 heteroatoms. The number of carboxylic acids is 1. The molecule has 1 rings (SSSR count). The van der Waals surface area contributed by atoms with E-state index in [1.165, 1.54) is 12.1 Å². The first-order valence-electron chi connectivity index (χ1n) is 5.77. The molecule has 20 heavy (non-hydrogen) atoms. The van der Waals surface area contributed by atoms with E-state index < -0.39 is 24.0 Å². The summed E-state index contributed by atoms with van der Waals surface area (Å²) in [6.45, 7) is 0. The fourth-order valence-electron chi connectivity index (χ4n) is 1.40. The molecule has 0 radical (unpaired) electrons. The summed E-state index contributed by atoms with van der Waals surface area (Å²) in [4.78, 5) is 33.2. The normalized spacial score (nSPS) is 11.4. The number of carbonyl (C=O) groups excluding carboxylic acids is 1. The molecule has 5 N–H and O–H groups in total. The molecule has 0 spiro atoms. The lowest BCUT2D eigenvalue weighted by molar-refractivity contribution is -0.137. The van der Waals surface area contributed by atoms with Gasteiger partial charge >= 0.3 is 12.1 Å². The average Bonchev–Trinajstić information content (AvgIpc) is 2.42. The van der Waals surface area contributed by atoms with Crippen LogP contribution in [0.15, 0.2) is 30.3 Å². The first-order valence-corrected chi connectivity index (χ1v) is 5.77. The molecular formula is C12H15N3O5. The zero-order chi connectivity index (χ0) is 15.1. The molecule has 0 bridgehead atoms. The summed E-state index contributed by atoms with van der Waals surface area (Å²) < 4.78 is 0. The zero-order valence-electron chi connectivity index (χ0n) is 10.5. The van der Waals surface area contributed by atoms with Gasteiger partial charge < -0.3 is 15.9 Å². The third-order valence-electron chi connectivity index (χ3n) is 2.43. The zero-order valence-corrected chi connectivity index (χ0v) is 10.5. The second-order valence-electron chi connectivity index (χ2n) is 3.97. The Hall–Kier alpha value is -2.61. The van der Waals surface area contributed by atoms with Crippen LogP contribution in [0, 0.1) is 0 Å². The van der Waals surface area contributed by atoms with Gasteiger partial charge in [-0.15, -0.1) is 0 Å². The van der Waals surface area contributed by atoms with Crippen molar-refractivity contribution in [3.8, 4) is 0 Å². The molecule has 1 aromatic rings. The Kier molecular flexibility index (Phi) is 5.48. The fourth-order valence-corrected chi connectivity index (χ4v) is 1.40. The SMILES string of the molecule is N[C@@H](CCC(=O)O)C(=O)NN(C(=O)O)c1ccccc1. The highest BCUT2D eigenvalue weighted by Crippen LogP contribution is 2.11. The van der Waals surface area contributed by atoms with Crippen molar-refractivity contribution in [3.05, 3.63) is 30.3 Å². The molecule has 1 aromatic carbocycles. The predicted octanol–water partition coefficient (Wildman–Crippen LogP) is 0.394. The van der Waals surface area contributed by atoms with Crippen molar-refractivity contribution in [2.75, 3.05) is 5.01 Å². The summed E-state index contributed by atoms with van der Waals surface area (Å²) in [6, 6.07) is 6.82. The summed E-state index contributed by atoms with van der Waals surface area (Å²) in [5.41, 5.74) is 7.88. The van der Waals surface area contributed by atoms with Gasteiger partial charge in [-0.2, -0.15) is 5.01 Å². The van der Waals surface area contributed by atoms with Crippen LogP contribution in [0.4, 0.5) is 10.5 Å². The number of hydrogen-bond acceptors (Lipinski definition) is 4. The van der Waals surface area contributed by atoms with Crippen molar-refractivity contribution >= 4 is 23.7 Å². The van der Waals surface area contributed by atoms with Crippen LogP contribution in [0.5, 0.6) is 0 Å². The highest BCUT2D eigenvalue weighted by atomic mass is 16.4. The minimum Gasteiger partial charge on any atom is -0.481 e. The fraction of sp³-hybridized carbons (Fsp3) is 0.250. The molecule has 1 atom stereocenters. The van der Waals surface area contributed by atoms with Gasteiger partial charge in [0, 0.05) is 6.42 Å². The lowest BCUT2D eigenvalue weighted by atomic mass is 10.1. The van der Waals surface area contributed by atoms with E-state index in [1.54, 1.807) is 18.2 Å². The first-order chi connectivity index (χ1) is 9.41. The maximum absolute atomic E-state index is 11.7. The van der Waals surface area contributed by atoms with Gasteiger partial charge in [0.15, 0.2) is 0 Å². The molecule has 0 heterocycles. The van der Waals surface area contributed by atoms with E-state index in [-0.39, 0.29) is 18.5 Å². The molecule has 0 aliphatic heterocycles. The van der Waals surface area contributed by atoms with Crippen molar-refractivity contribution < 1.29 is 24.6 Å². The van der Waals surface area contributed by atoms with Crippen LogP contribution in [-0.2, 0) is 9.59 Å². The van der Waals surface area contributed by atoms with Gasteiger partial charge in [-0.3, -0.25) is 15.0 Å². The van der Waals surface area contributed by atoms with Gasteiger partial charge in [-0.05, 0) is 18.6 Å². The number of amides is 2. The molecule has 108 valence electrons. The largest absolute Gasteiger partial charge is 0.481 e. The Morgan fingerprint density at radius 1 is 1.20 bits per heavy atom. The maximum Gasteiger partial charge on any atom is 0.431 e. The van der Waals surface area contributed by atoms with Crippen molar-refractivity contribution in [2.24, 2.45) is 5.73 Å². The first kappa shape index (κ1) is 15.4. The minimum absolute atomic E-state index is 0.0799. The van der Waals surface area contributed by atoms with E-state index >= 15 is 0 Å². The minimum atomic E-state index is -1.38. The third-order valence-corrected chi connectivity index (χ3v) is 2.43. The Balaban J connectivity index is 2.69. The maximum atomic E-state index is 11.7. The summed E-state index contributed by atoms with van der Waals surface area (Å²) in [7, 11) is 0. The summed E-state index contributed by atoms with van der Waals surface area (Å²) in [5, 5.41) is 18.2. The number of hydrogen-bond donors (Lipinski definition) is 4. The van der Waals surface area contributed by atoms with Crippen molar-refractivity contribution in [1.29, 1.82) is 0 Å². The number of anilines is 1. The van der Waals surface area contributed by atoms with Crippen LogP contribution < -0.4 is 16.2 Å². The van der Waals surface area contributed by atoms with Gasteiger partial charge in [0.25, 0.3) is 5.91 Å². The summed E-state index contributed by atoms with van der Waals surface area (Å²) in [5.74, 6) is -1.84. The lowest BCUT2D eigenvalue weighted by Gasteiger charge is -2.21. The second kappa shape index (κ2) is 7.10. The molecule has 0 aliphatic rings. The number of carboxylic acid groups (broad SMARTS) is 2. The molecule has 0 aromatic heterocycles. The number of nitrogens with two attached hydrogens (primary N) is 1. The number of rotatable bonds is 5. The van der Waals surface area contributed by atoms with E-state index in [2.05, 4.69) is 5.43 Å². The number of hydrazine groups is 1. The molecule has 0 unspecified atom stereocenters. The third kappa shape index (κ3) is 4.58. The standard InChI is InChI=1S/C12H15N3O5/c13-9(6-7-10(16)17)11(18)14-15(12(19)20)8-4-2-1-3-5-8/h1-5,9H,6-7,13H2,(H,14,18)(H,16,17)(H,19,20)/t9-/m0/s1. The van der Waals surface area contributed by atoms with Crippen LogP contribution in [0.25, 0.3) is 0 Å². The smallest absolute Gasteiger partial charge is 0.431 e. The van der Waals surface area contributed by atoms with Crippen LogP contribution in [0.2, 0.25) is 0 Å². The van der Waals surface area contributed by atoms with Gasteiger partial charge in [0.05, 0.1) is 11.7 Å². The number of para-hydroxylation sites is 1. The molecule has 0 fully saturated rings. The number of benzene rings is 1. The second-order valence-corrected chi connectivity index (χ2v) is 3.97. The van der Waals surface area contributed by atoms with Crippen LogP contribution in [0.3, 0.4) is 0 Å². The van der Waals surface area contributed by atoms with Crippen LogP contribution >= 0.6 is 0 Å². The van der Waals surface area contributed by atoms with Gasteiger partial charge in [-0.25, -0.2) is 4.79 Å². The molecule has 0 aliphatic carbocycles.